The molecule has 0 atom stereocenters. The molecule has 0 aliphatic carbocycles. The van der Waals surface area contributed by atoms with E-state index in [0.717, 1.165) is 33.1 Å². The molecule has 0 unspecified atom stereocenters. The van der Waals surface area contributed by atoms with Crippen LogP contribution < -0.4 is 5.32 Å². The standard InChI is InChI=1S/C24H22N4O2S/c1-4-30-24(29)20-13-25-22(18-7-5-6-15(2)12-18)28-23(20)27-19-10-8-17(9-11-19)21-14-31-16(3)26-21/h5-14H,4H2,1-3H3,(H,25,27,28). The van der Waals surface area contributed by atoms with E-state index in [1.54, 1.807) is 18.3 Å². The van der Waals surface area contributed by atoms with Crippen molar-refractivity contribution >= 4 is 28.8 Å². The number of carbonyl (C=O) groups is 1. The molecule has 0 radical (unpaired) electrons. The van der Waals surface area contributed by atoms with Gasteiger partial charge in [0.05, 0.1) is 17.3 Å². The van der Waals surface area contributed by atoms with Crippen molar-refractivity contribution in [2.24, 2.45) is 0 Å². The number of nitrogens with one attached hydrogen (secondary N) is 1. The van der Waals surface area contributed by atoms with Crippen LogP contribution >= 0.6 is 11.3 Å². The average molecular weight is 431 g/mol. The van der Waals surface area contributed by atoms with Crippen LogP contribution in [0.25, 0.3) is 22.6 Å². The zero-order valence-electron chi connectivity index (χ0n) is 17.5. The van der Waals surface area contributed by atoms with Gasteiger partial charge in [0, 0.05) is 28.4 Å². The van der Waals surface area contributed by atoms with Gasteiger partial charge in [0.1, 0.15) is 11.4 Å². The molecule has 2 aromatic heterocycles. The van der Waals surface area contributed by atoms with Crippen LogP contribution in [0, 0.1) is 13.8 Å². The van der Waals surface area contributed by atoms with Crippen LogP contribution in [0.2, 0.25) is 0 Å². The number of anilines is 2. The Morgan fingerprint density at radius 2 is 1.87 bits per heavy atom. The van der Waals surface area contributed by atoms with Crippen molar-refractivity contribution in [3.63, 3.8) is 0 Å². The minimum absolute atomic E-state index is 0.277. The molecule has 0 spiro atoms. The third-order valence-electron chi connectivity index (χ3n) is 4.62. The maximum absolute atomic E-state index is 12.4. The number of aromatic nitrogens is 3. The van der Waals surface area contributed by atoms with E-state index >= 15 is 0 Å². The molecule has 0 bridgehead atoms. The number of benzene rings is 2. The van der Waals surface area contributed by atoms with Gasteiger partial charge in [-0.1, -0.05) is 35.9 Å². The number of carbonyl (C=O) groups excluding carboxylic acids is 1. The van der Waals surface area contributed by atoms with E-state index in [1.807, 2.05) is 67.8 Å². The molecule has 2 aromatic carbocycles. The fourth-order valence-electron chi connectivity index (χ4n) is 3.12. The van der Waals surface area contributed by atoms with E-state index in [2.05, 4.69) is 20.3 Å². The minimum atomic E-state index is -0.463. The van der Waals surface area contributed by atoms with Crippen molar-refractivity contribution in [2.45, 2.75) is 20.8 Å². The smallest absolute Gasteiger partial charge is 0.343 e. The second kappa shape index (κ2) is 9.06. The maximum atomic E-state index is 12.4. The molecule has 0 fully saturated rings. The summed E-state index contributed by atoms with van der Waals surface area (Å²) in [5.74, 6) is 0.478. The fraction of sp³-hybridized carbons (Fsp3) is 0.167. The van der Waals surface area contributed by atoms with Gasteiger partial charge in [-0.25, -0.2) is 19.7 Å². The first-order valence-electron chi connectivity index (χ1n) is 9.94. The molecule has 0 saturated carbocycles. The molecule has 0 amide bonds. The highest BCUT2D eigenvalue weighted by molar-refractivity contribution is 7.09. The lowest BCUT2D eigenvalue weighted by Crippen LogP contribution is -2.11. The molecule has 0 aliphatic heterocycles. The average Bonchev–Trinajstić information content (AvgIpc) is 3.21. The summed E-state index contributed by atoms with van der Waals surface area (Å²) in [6.07, 6.45) is 1.51. The van der Waals surface area contributed by atoms with Gasteiger partial charge in [-0.3, -0.25) is 0 Å². The molecule has 2 heterocycles. The Morgan fingerprint density at radius 3 is 2.55 bits per heavy atom. The number of hydrogen-bond donors (Lipinski definition) is 1. The van der Waals surface area contributed by atoms with Crippen LogP contribution in [0.1, 0.15) is 27.9 Å². The number of thiazole rings is 1. The summed E-state index contributed by atoms with van der Waals surface area (Å²) in [6, 6.07) is 15.8. The van der Waals surface area contributed by atoms with Crippen LogP contribution in [0.15, 0.2) is 60.1 Å². The summed E-state index contributed by atoms with van der Waals surface area (Å²) in [7, 11) is 0. The van der Waals surface area contributed by atoms with Crippen LogP contribution in [-0.2, 0) is 4.74 Å². The number of nitrogens with zero attached hydrogens (tertiary/aromatic N) is 3. The lowest BCUT2D eigenvalue weighted by molar-refractivity contribution is 0.0526. The molecule has 7 heteroatoms. The van der Waals surface area contributed by atoms with Crippen molar-refractivity contribution < 1.29 is 9.53 Å². The summed E-state index contributed by atoms with van der Waals surface area (Å²) >= 11 is 1.62. The third-order valence-corrected chi connectivity index (χ3v) is 5.40. The Bertz CT molecular complexity index is 1220. The molecule has 0 aliphatic rings. The van der Waals surface area contributed by atoms with Crippen molar-refractivity contribution in [3.05, 3.63) is 76.2 Å². The van der Waals surface area contributed by atoms with E-state index in [0.29, 0.717) is 11.6 Å². The van der Waals surface area contributed by atoms with Crippen molar-refractivity contribution in [3.8, 4) is 22.6 Å². The number of ether oxygens (including phenoxy) is 1. The van der Waals surface area contributed by atoms with E-state index in [-0.39, 0.29) is 12.2 Å². The monoisotopic (exact) mass is 430 g/mol. The number of esters is 1. The largest absolute Gasteiger partial charge is 0.462 e. The van der Waals surface area contributed by atoms with Crippen molar-refractivity contribution in [2.75, 3.05) is 11.9 Å². The van der Waals surface area contributed by atoms with Crippen LogP contribution in [0.5, 0.6) is 0 Å². The topological polar surface area (TPSA) is 77.0 Å². The molecule has 4 aromatic rings. The van der Waals surface area contributed by atoms with Gasteiger partial charge in [-0.2, -0.15) is 0 Å². The SMILES string of the molecule is CCOC(=O)c1cnc(-c2cccc(C)c2)nc1Nc1ccc(-c2csc(C)n2)cc1. The first kappa shape index (κ1) is 20.7. The van der Waals surface area contributed by atoms with Crippen LogP contribution in [0.3, 0.4) is 0 Å². The normalized spacial score (nSPS) is 10.7. The van der Waals surface area contributed by atoms with Crippen LogP contribution in [0.4, 0.5) is 11.5 Å². The quantitative estimate of drug-likeness (QED) is 0.389. The molecular formula is C24H22N4O2S. The summed E-state index contributed by atoms with van der Waals surface area (Å²) < 4.78 is 5.18. The molecule has 156 valence electrons. The third kappa shape index (κ3) is 4.78. The second-order valence-electron chi connectivity index (χ2n) is 7.00. The summed E-state index contributed by atoms with van der Waals surface area (Å²) in [4.78, 5) is 26.0. The molecule has 4 rings (SSSR count). The van der Waals surface area contributed by atoms with Gasteiger partial charge in [0.2, 0.25) is 0 Å². The Labute approximate surface area is 185 Å². The first-order valence-corrected chi connectivity index (χ1v) is 10.8. The highest BCUT2D eigenvalue weighted by atomic mass is 32.1. The lowest BCUT2D eigenvalue weighted by Gasteiger charge is -2.12. The van der Waals surface area contributed by atoms with Gasteiger partial charge >= 0.3 is 5.97 Å². The Morgan fingerprint density at radius 1 is 1.06 bits per heavy atom. The first-order chi connectivity index (χ1) is 15.0. The Hall–Kier alpha value is -3.58. The van der Waals surface area contributed by atoms with Crippen LogP contribution in [-0.4, -0.2) is 27.5 Å². The lowest BCUT2D eigenvalue weighted by atomic mass is 10.1. The van der Waals surface area contributed by atoms with Gasteiger partial charge in [-0.05, 0) is 39.0 Å². The maximum Gasteiger partial charge on any atom is 0.343 e. The zero-order chi connectivity index (χ0) is 21.8. The summed E-state index contributed by atoms with van der Waals surface area (Å²) in [6.45, 7) is 6.05. The highest BCUT2D eigenvalue weighted by Crippen LogP contribution is 2.27. The number of aryl methyl sites for hydroxylation is 2. The number of hydrogen-bond acceptors (Lipinski definition) is 7. The molecule has 31 heavy (non-hydrogen) atoms. The molecule has 1 N–H and O–H groups in total. The van der Waals surface area contributed by atoms with E-state index in [1.165, 1.54) is 6.20 Å². The molecule has 0 saturated heterocycles. The van der Waals surface area contributed by atoms with E-state index in [4.69, 9.17) is 4.74 Å². The fourth-order valence-corrected chi connectivity index (χ4v) is 3.74. The summed E-state index contributed by atoms with van der Waals surface area (Å²) in [5.41, 5.74) is 5.06. The van der Waals surface area contributed by atoms with Gasteiger partial charge in [-0.15, -0.1) is 11.3 Å². The number of rotatable bonds is 6. The van der Waals surface area contributed by atoms with Gasteiger partial charge in [0.25, 0.3) is 0 Å². The van der Waals surface area contributed by atoms with Crippen molar-refractivity contribution in [1.82, 2.24) is 15.0 Å². The van der Waals surface area contributed by atoms with Gasteiger partial charge in [0.15, 0.2) is 5.82 Å². The highest BCUT2D eigenvalue weighted by Gasteiger charge is 2.17. The minimum Gasteiger partial charge on any atom is -0.462 e. The van der Waals surface area contributed by atoms with Gasteiger partial charge < -0.3 is 10.1 Å². The van der Waals surface area contributed by atoms with Crippen molar-refractivity contribution in [1.29, 1.82) is 0 Å². The Balaban J connectivity index is 1.67. The molecule has 6 nitrogen and oxygen atoms in total. The summed E-state index contributed by atoms with van der Waals surface area (Å²) in [5, 5.41) is 6.32. The predicted octanol–water partition coefficient (Wildman–Crippen LogP) is 5.80. The zero-order valence-corrected chi connectivity index (χ0v) is 18.4. The second-order valence-corrected chi connectivity index (χ2v) is 8.06. The predicted molar refractivity (Wildman–Crippen MR) is 124 cm³/mol. The van der Waals surface area contributed by atoms with E-state index < -0.39 is 5.97 Å². The molecular weight excluding hydrogens is 408 g/mol. The Kier molecular flexibility index (Phi) is 6.04. The van der Waals surface area contributed by atoms with E-state index in [9.17, 15) is 4.79 Å².